The third kappa shape index (κ3) is 9.36. The van der Waals surface area contributed by atoms with Crippen LogP contribution in [0.2, 0.25) is 0 Å². The lowest BCUT2D eigenvalue weighted by Gasteiger charge is -2.09. The number of ether oxygens (including phenoxy) is 1. The number of terminal acetylenes is 1. The van der Waals surface area contributed by atoms with Crippen molar-refractivity contribution < 1.29 is 14.3 Å². The molecule has 0 saturated carbocycles. The molecular formula is C19H27NO3. The summed E-state index contributed by atoms with van der Waals surface area (Å²) in [6.45, 7) is 4.98. The summed E-state index contributed by atoms with van der Waals surface area (Å²) in [4.78, 5) is 23.6. The van der Waals surface area contributed by atoms with E-state index in [2.05, 4.69) is 43.6 Å². The normalized spacial score (nSPS) is 12.3. The Labute approximate surface area is 139 Å². The molecule has 2 amide bonds. The second-order valence-electron chi connectivity index (χ2n) is 5.13. The molecule has 1 heterocycles. The van der Waals surface area contributed by atoms with E-state index in [0.717, 1.165) is 25.7 Å². The van der Waals surface area contributed by atoms with Gasteiger partial charge in [-0.05, 0) is 13.3 Å². The monoisotopic (exact) mass is 317 g/mol. The summed E-state index contributed by atoms with van der Waals surface area (Å²) < 4.78 is 4.68. The average Bonchev–Trinajstić information content (AvgIpc) is 3.01. The minimum absolute atomic E-state index is 0.0939. The van der Waals surface area contributed by atoms with Crippen molar-refractivity contribution in [2.45, 2.75) is 46.0 Å². The van der Waals surface area contributed by atoms with Gasteiger partial charge in [-0.1, -0.05) is 62.1 Å². The molecular weight excluding hydrogens is 290 g/mol. The Kier molecular flexibility index (Phi) is 12.1. The predicted octanol–water partition coefficient (Wildman–Crippen LogP) is 4.18. The summed E-state index contributed by atoms with van der Waals surface area (Å²) in [6, 6.07) is 10.3. The minimum Gasteiger partial charge on any atom is -0.447 e. The van der Waals surface area contributed by atoms with Gasteiger partial charge in [-0.15, -0.1) is 12.8 Å². The molecule has 4 heteroatoms. The number of amides is 2. The lowest BCUT2D eigenvalue weighted by atomic mass is 10.1. The van der Waals surface area contributed by atoms with Crippen LogP contribution in [0.1, 0.15) is 44.6 Å². The summed E-state index contributed by atoms with van der Waals surface area (Å²) in [7, 11) is 0. The van der Waals surface area contributed by atoms with E-state index in [-0.39, 0.29) is 5.91 Å². The molecule has 0 aliphatic carbocycles. The van der Waals surface area contributed by atoms with Crippen LogP contribution in [0.15, 0.2) is 30.3 Å². The number of nitrogens with zero attached hydrogens (tertiary/aromatic N) is 1. The van der Waals surface area contributed by atoms with Crippen molar-refractivity contribution in [1.29, 1.82) is 0 Å². The molecule has 23 heavy (non-hydrogen) atoms. The van der Waals surface area contributed by atoms with Crippen molar-refractivity contribution in [1.82, 2.24) is 4.90 Å². The van der Waals surface area contributed by atoms with Crippen molar-refractivity contribution in [3.8, 4) is 12.8 Å². The smallest absolute Gasteiger partial charge is 0.416 e. The summed E-state index contributed by atoms with van der Waals surface area (Å²) in [5, 5.41) is 0. The predicted molar refractivity (Wildman–Crippen MR) is 92.9 cm³/mol. The number of imide groups is 1. The standard InChI is InChI=1S/C10H17NO3.C7H8.C2H2/c1-2-3-4-5-6-9(12)11-7-8-14-10(11)13;1-7-5-3-2-4-6-7;1-2/h2-8H2,1H3;2-6H,1H3;1-2H. The molecule has 1 saturated heterocycles. The van der Waals surface area contributed by atoms with E-state index in [4.69, 9.17) is 0 Å². The molecule has 0 unspecified atom stereocenters. The molecule has 2 rings (SSSR count). The van der Waals surface area contributed by atoms with Gasteiger partial charge < -0.3 is 4.74 Å². The quantitative estimate of drug-likeness (QED) is 0.604. The number of benzene rings is 1. The molecule has 0 aromatic heterocycles. The number of hydrogen-bond acceptors (Lipinski definition) is 3. The van der Waals surface area contributed by atoms with Crippen molar-refractivity contribution in [3.63, 3.8) is 0 Å². The van der Waals surface area contributed by atoms with Gasteiger partial charge in [0.1, 0.15) is 6.61 Å². The molecule has 1 aliphatic rings. The molecule has 1 aromatic carbocycles. The highest BCUT2D eigenvalue weighted by Gasteiger charge is 2.27. The Balaban J connectivity index is 0.000000449. The number of rotatable bonds is 5. The fourth-order valence-corrected chi connectivity index (χ4v) is 1.99. The lowest BCUT2D eigenvalue weighted by Crippen LogP contribution is -2.31. The molecule has 0 radical (unpaired) electrons. The maximum absolute atomic E-state index is 11.4. The highest BCUT2D eigenvalue weighted by Crippen LogP contribution is 2.09. The first-order valence-electron chi connectivity index (χ1n) is 7.97. The van der Waals surface area contributed by atoms with Gasteiger partial charge in [0.15, 0.2) is 0 Å². The first-order valence-corrected chi connectivity index (χ1v) is 7.97. The summed E-state index contributed by atoms with van der Waals surface area (Å²) in [5.41, 5.74) is 1.32. The molecule has 0 atom stereocenters. The van der Waals surface area contributed by atoms with Crippen LogP contribution >= 0.6 is 0 Å². The first kappa shape index (κ1) is 20.7. The minimum atomic E-state index is -0.481. The fourth-order valence-electron chi connectivity index (χ4n) is 1.99. The average molecular weight is 317 g/mol. The Bertz CT molecular complexity index is 468. The van der Waals surface area contributed by atoms with Gasteiger partial charge in [-0.2, -0.15) is 0 Å². The van der Waals surface area contributed by atoms with Gasteiger partial charge in [-0.3, -0.25) is 4.79 Å². The van der Waals surface area contributed by atoms with Crippen LogP contribution < -0.4 is 0 Å². The second-order valence-corrected chi connectivity index (χ2v) is 5.13. The van der Waals surface area contributed by atoms with E-state index < -0.39 is 6.09 Å². The number of unbranched alkanes of at least 4 members (excludes halogenated alkanes) is 3. The first-order chi connectivity index (χ1) is 11.1. The van der Waals surface area contributed by atoms with Gasteiger partial charge in [-0.25, -0.2) is 9.69 Å². The lowest BCUT2D eigenvalue weighted by molar-refractivity contribution is -0.127. The Morgan fingerprint density at radius 1 is 1.17 bits per heavy atom. The van der Waals surface area contributed by atoms with E-state index in [1.807, 2.05) is 18.2 Å². The Morgan fingerprint density at radius 3 is 2.26 bits per heavy atom. The fraction of sp³-hybridized carbons (Fsp3) is 0.474. The van der Waals surface area contributed by atoms with Crippen LogP contribution in [0.3, 0.4) is 0 Å². The van der Waals surface area contributed by atoms with E-state index in [1.54, 1.807) is 0 Å². The topological polar surface area (TPSA) is 46.6 Å². The van der Waals surface area contributed by atoms with Crippen molar-refractivity contribution >= 4 is 12.0 Å². The highest BCUT2D eigenvalue weighted by molar-refractivity contribution is 5.92. The Hall–Kier alpha value is -2.28. The van der Waals surface area contributed by atoms with Gasteiger partial charge in [0.2, 0.25) is 5.91 Å². The molecule has 1 fully saturated rings. The molecule has 1 aliphatic heterocycles. The van der Waals surface area contributed by atoms with Gasteiger partial charge in [0.25, 0.3) is 0 Å². The van der Waals surface area contributed by atoms with Crippen molar-refractivity contribution in [2.75, 3.05) is 13.2 Å². The van der Waals surface area contributed by atoms with E-state index in [0.29, 0.717) is 19.6 Å². The Morgan fingerprint density at radius 2 is 1.83 bits per heavy atom. The van der Waals surface area contributed by atoms with Crippen LogP contribution in [0.5, 0.6) is 0 Å². The maximum atomic E-state index is 11.4. The van der Waals surface area contributed by atoms with Crippen LogP contribution in [-0.4, -0.2) is 30.1 Å². The van der Waals surface area contributed by atoms with Gasteiger partial charge >= 0.3 is 6.09 Å². The highest BCUT2D eigenvalue weighted by atomic mass is 16.6. The van der Waals surface area contributed by atoms with Crippen molar-refractivity contribution in [2.24, 2.45) is 0 Å². The van der Waals surface area contributed by atoms with Crippen LogP contribution in [-0.2, 0) is 9.53 Å². The zero-order valence-corrected chi connectivity index (χ0v) is 14.2. The summed E-state index contributed by atoms with van der Waals surface area (Å²) >= 11 is 0. The number of carbonyl (C=O) groups is 2. The molecule has 0 N–H and O–H groups in total. The number of cyclic esters (lactones) is 1. The number of carbonyl (C=O) groups excluding carboxylic acids is 2. The summed E-state index contributed by atoms with van der Waals surface area (Å²) in [6.07, 6.45) is 12.2. The molecule has 0 spiro atoms. The second kappa shape index (κ2) is 13.4. The van der Waals surface area contributed by atoms with E-state index in [1.165, 1.54) is 10.5 Å². The zero-order chi connectivity index (χ0) is 17.5. The van der Waals surface area contributed by atoms with E-state index in [9.17, 15) is 9.59 Å². The number of hydrogen-bond donors (Lipinski definition) is 0. The third-order valence-electron chi connectivity index (χ3n) is 3.25. The van der Waals surface area contributed by atoms with Gasteiger partial charge in [0.05, 0.1) is 6.54 Å². The summed E-state index contributed by atoms with van der Waals surface area (Å²) in [5.74, 6) is -0.0939. The van der Waals surface area contributed by atoms with Crippen LogP contribution in [0.4, 0.5) is 4.79 Å². The van der Waals surface area contributed by atoms with E-state index >= 15 is 0 Å². The molecule has 126 valence electrons. The van der Waals surface area contributed by atoms with Crippen LogP contribution in [0, 0.1) is 19.8 Å². The molecule has 4 nitrogen and oxygen atoms in total. The van der Waals surface area contributed by atoms with Crippen LogP contribution in [0.25, 0.3) is 0 Å². The largest absolute Gasteiger partial charge is 0.447 e. The molecule has 1 aromatic rings. The van der Waals surface area contributed by atoms with Crippen molar-refractivity contribution in [3.05, 3.63) is 35.9 Å². The number of aryl methyl sites for hydroxylation is 1. The molecule has 0 bridgehead atoms. The zero-order valence-electron chi connectivity index (χ0n) is 14.2. The SMILES string of the molecule is C#C.CCCCCCC(=O)N1CCOC1=O.Cc1ccccc1. The maximum Gasteiger partial charge on any atom is 0.416 e. The third-order valence-corrected chi connectivity index (χ3v) is 3.25. The van der Waals surface area contributed by atoms with Gasteiger partial charge in [0, 0.05) is 6.42 Å².